The van der Waals surface area contributed by atoms with Gasteiger partial charge in [0.1, 0.15) is 0 Å². The van der Waals surface area contributed by atoms with Gasteiger partial charge in [-0.3, -0.25) is 0 Å². The second-order valence-electron chi connectivity index (χ2n) is 2.11. The standard InChI is InChI=1S/C6H8F5/c1-2-3-4-5(7,8)6(9,10)11/h4H,2-3H2,1H3. The summed E-state index contributed by atoms with van der Waals surface area (Å²) in [5.74, 6) is -4.64. The van der Waals surface area contributed by atoms with Crippen molar-refractivity contribution in [3.63, 3.8) is 0 Å². The quantitative estimate of drug-likeness (QED) is 0.578. The van der Waals surface area contributed by atoms with Crippen molar-refractivity contribution in [2.24, 2.45) is 0 Å². The average Bonchev–Trinajstić information content (AvgIpc) is 1.81. The van der Waals surface area contributed by atoms with Gasteiger partial charge in [0.15, 0.2) is 0 Å². The van der Waals surface area contributed by atoms with Gasteiger partial charge in [-0.15, -0.1) is 0 Å². The van der Waals surface area contributed by atoms with E-state index in [1.54, 1.807) is 0 Å². The normalized spacial score (nSPS) is 13.6. The molecule has 0 bridgehead atoms. The summed E-state index contributed by atoms with van der Waals surface area (Å²) in [6.07, 6.45) is -5.40. The zero-order chi connectivity index (χ0) is 9.12. The number of halogens is 5. The highest BCUT2D eigenvalue weighted by molar-refractivity contribution is 4.89. The second-order valence-corrected chi connectivity index (χ2v) is 2.11. The molecule has 0 saturated heterocycles. The van der Waals surface area contributed by atoms with E-state index in [0.29, 0.717) is 0 Å². The Morgan fingerprint density at radius 2 is 1.55 bits per heavy atom. The molecule has 0 aliphatic carbocycles. The summed E-state index contributed by atoms with van der Waals surface area (Å²) in [4.78, 5) is 0. The first-order valence-electron chi connectivity index (χ1n) is 3.10. The molecule has 0 nitrogen and oxygen atoms in total. The maximum Gasteiger partial charge on any atom is 0.453 e. The van der Waals surface area contributed by atoms with Crippen LogP contribution in [-0.2, 0) is 0 Å². The SMILES string of the molecule is CCC[CH]C(F)(F)C(F)(F)F. The van der Waals surface area contributed by atoms with Crippen LogP contribution in [0.3, 0.4) is 0 Å². The Morgan fingerprint density at radius 1 is 1.09 bits per heavy atom. The van der Waals surface area contributed by atoms with Crippen LogP contribution in [0.2, 0.25) is 0 Å². The van der Waals surface area contributed by atoms with Crippen molar-refractivity contribution < 1.29 is 22.0 Å². The van der Waals surface area contributed by atoms with Gasteiger partial charge < -0.3 is 0 Å². The molecule has 0 spiro atoms. The average molecular weight is 175 g/mol. The monoisotopic (exact) mass is 175 g/mol. The lowest BCUT2D eigenvalue weighted by molar-refractivity contribution is -0.267. The number of hydrogen-bond donors (Lipinski definition) is 0. The lowest BCUT2D eigenvalue weighted by Gasteiger charge is -2.18. The minimum absolute atomic E-state index is 0.00694. The zero-order valence-electron chi connectivity index (χ0n) is 5.88. The highest BCUT2D eigenvalue weighted by atomic mass is 19.4. The molecule has 5 heteroatoms. The molecule has 11 heavy (non-hydrogen) atoms. The van der Waals surface area contributed by atoms with Crippen LogP contribution in [-0.4, -0.2) is 12.1 Å². The summed E-state index contributed by atoms with van der Waals surface area (Å²) >= 11 is 0. The van der Waals surface area contributed by atoms with E-state index in [0.717, 1.165) is 0 Å². The third kappa shape index (κ3) is 3.03. The molecule has 0 rings (SSSR count). The summed E-state index contributed by atoms with van der Waals surface area (Å²) in [5, 5.41) is 0. The Morgan fingerprint density at radius 3 is 1.82 bits per heavy atom. The smallest absolute Gasteiger partial charge is 0.196 e. The molecule has 0 aliphatic heterocycles. The Hall–Kier alpha value is -0.350. The van der Waals surface area contributed by atoms with E-state index in [4.69, 9.17) is 0 Å². The van der Waals surface area contributed by atoms with Crippen LogP contribution in [0.15, 0.2) is 0 Å². The van der Waals surface area contributed by atoms with Gasteiger partial charge in [-0.1, -0.05) is 13.3 Å². The first kappa shape index (κ1) is 10.7. The van der Waals surface area contributed by atoms with Crippen molar-refractivity contribution in [1.29, 1.82) is 0 Å². The van der Waals surface area contributed by atoms with E-state index >= 15 is 0 Å². The molecule has 0 saturated carbocycles. The first-order valence-corrected chi connectivity index (χ1v) is 3.10. The van der Waals surface area contributed by atoms with Crippen molar-refractivity contribution in [1.82, 2.24) is 0 Å². The predicted molar refractivity (Wildman–Crippen MR) is 30.2 cm³/mol. The maximum absolute atomic E-state index is 11.9. The van der Waals surface area contributed by atoms with Gasteiger partial charge in [-0.05, 0) is 6.42 Å². The van der Waals surface area contributed by atoms with E-state index in [-0.39, 0.29) is 19.3 Å². The van der Waals surface area contributed by atoms with Crippen molar-refractivity contribution in [2.75, 3.05) is 0 Å². The lowest BCUT2D eigenvalue weighted by atomic mass is 10.1. The van der Waals surface area contributed by atoms with E-state index in [9.17, 15) is 22.0 Å². The molecule has 0 N–H and O–H groups in total. The van der Waals surface area contributed by atoms with Gasteiger partial charge in [-0.25, -0.2) is 0 Å². The Balaban J connectivity index is 4.00. The molecule has 0 fully saturated rings. The summed E-state index contributed by atoms with van der Waals surface area (Å²) < 4.78 is 58.0. The molecule has 1 radical (unpaired) electrons. The molecular weight excluding hydrogens is 167 g/mol. The van der Waals surface area contributed by atoms with Crippen LogP contribution in [0.4, 0.5) is 22.0 Å². The number of unbranched alkanes of at least 4 members (excludes halogenated alkanes) is 1. The highest BCUT2D eigenvalue weighted by Gasteiger charge is 2.56. The molecule has 0 aromatic carbocycles. The summed E-state index contributed by atoms with van der Waals surface area (Å²) in [5.41, 5.74) is 0. The molecule has 0 unspecified atom stereocenters. The molecular formula is C6H8F5. The van der Waals surface area contributed by atoms with Crippen LogP contribution < -0.4 is 0 Å². The number of alkyl halides is 5. The van der Waals surface area contributed by atoms with Crippen LogP contribution in [0.5, 0.6) is 0 Å². The maximum atomic E-state index is 11.9. The molecule has 0 aromatic heterocycles. The van der Waals surface area contributed by atoms with Crippen molar-refractivity contribution in [3.05, 3.63) is 6.42 Å². The van der Waals surface area contributed by atoms with E-state index in [1.165, 1.54) is 6.92 Å². The van der Waals surface area contributed by atoms with Crippen LogP contribution in [0.1, 0.15) is 19.8 Å². The fraction of sp³-hybridized carbons (Fsp3) is 0.833. The Kier molecular flexibility index (Phi) is 3.26. The van der Waals surface area contributed by atoms with E-state index in [1.807, 2.05) is 0 Å². The fourth-order valence-electron chi connectivity index (χ4n) is 0.441. The van der Waals surface area contributed by atoms with Crippen molar-refractivity contribution in [2.45, 2.75) is 31.9 Å². The Bertz CT molecular complexity index is 115. The minimum atomic E-state index is -5.44. The molecule has 0 atom stereocenters. The van der Waals surface area contributed by atoms with Crippen LogP contribution in [0, 0.1) is 6.42 Å². The van der Waals surface area contributed by atoms with E-state index in [2.05, 4.69) is 0 Å². The Labute approximate surface area is 61.4 Å². The predicted octanol–water partition coefficient (Wildman–Crippen LogP) is 3.19. The molecule has 0 aromatic rings. The summed E-state index contributed by atoms with van der Waals surface area (Å²) in [6.45, 7) is 1.53. The molecule has 0 aliphatic rings. The van der Waals surface area contributed by atoms with Gasteiger partial charge in [0.05, 0.1) is 0 Å². The van der Waals surface area contributed by atoms with E-state index < -0.39 is 12.1 Å². The number of hydrogen-bond acceptors (Lipinski definition) is 0. The molecule has 0 amide bonds. The molecule has 67 valence electrons. The van der Waals surface area contributed by atoms with Crippen LogP contribution >= 0.6 is 0 Å². The minimum Gasteiger partial charge on any atom is -0.196 e. The third-order valence-electron chi connectivity index (χ3n) is 1.07. The van der Waals surface area contributed by atoms with Gasteiger partial charge in [0.25, 0.3) is 0 Å². The van der Waals surface area contributed by atoms with Crippen molar-refractivity contribution >= 4 is 0 Å². The lowest BCUT2D eigenvalue weighted by Crippen LogP contribution is -2.36. The highest BCUT2D eigenvalue weighted by Crippen LogP contribution is 2.38. The third-order valence-corrected chi connectivity index (χ3v) is 1.07. The first-order chi connectivity index (χ1) is 4.81. The fourth-order valence-corrected chi connectivity index (χ4v) is 0.441. The molecule has 0 heterocycles. The van der Waals surface area contributed by atoms with Gasteiger partial charge >= 0.3 is 12.1 Å². The van der Waals surface area contributed by atoms with Crippen LogP contribution in [0.25, 0.3) is 0 Å². The summed E-state index contributed by atoms with van der Waals surface area (Å²) in [6, 6.07) is 0. The van der Waals surface area contributed by atoms with Gasteiger partial charge in [-0.2, -0.15) is 22.0 Å². The van der Waals surface area contributed by atoms with Gasteiger partial charge in [0, 0.05) is 6.42 Å². The van der Waals surface area contributed by atoms with Crippen molar-refractivity contribution in [3.8, 4) is 0 Å². The topological polar surface area (TPSA) is 0 Å². The second kappa shape index (κ2) is 3.36. The van der Waals surface area contributed by atoms with Gasteiger partial charge in [0.2, 0.25) is 0 Å². The zero-order valence-corrected chi connectivity index (χ0v) is 5.88. The number of rotatable bonds is 3. The summed E-state index contributed by atoms with van der Waals surface area (Å²) in [7, 11) is 0. The largest absolute Gasteiger partial charge is 0.453 e.